The molecule has 1 aromatic heterocycles. The molecule has 0 saturated carbocycles. The van der Waals surface area contributed by atoms with E-state index in [0.717, 1.165) is 30.5 Å². The molecule has 2 heterocycles. The predicted molar refractivity (Wildman–Crippen MR) is 84.5 cm³/mol. The molecular formula is C16H18N2O2S. The monoisotopic (exact) mass is 302 g/mol. The first-order chi connectivity index (χ1) is 10.3. The molecule has 0 aliphatic carbocycles. The van der Waals surface area contributed by atoms with Gasteiger partial charge in [-0.25, -0.2) is 4.98 Å². The van der Waals surface area contributed by atoms with Crippen molar-refractivity contribution in [2.24, 2.45) is 0 Å². The molecule has 0 bridgehead atoms. The fourth-order valence-corrected chi connectivity index (χ4v) is 3.07. The molecule has 0 unspecified atom stereocenters. The first kappa shape index (κ1) is 14.2. The van der Waals surface area contributed by atoms with E-state index in [-0.39, 0.29) is 12.0 Å². The first-order valence-electron chi connectivity index (χ1n) is 7.23. The number of ether oxygens (including phenoxy) is 1. The third-order valence-corrected chi connectivity index (χ3v) is 4.37. The van der Waals surface area contributed by atoms with E-state index in [2.05, 4.69) is 41.5 Å². The van der Waals surface area contributed by atoms with Gasteiger partial charge >= 0.3 is 0 Å². The zero-order valence-electron chi connectivity index (χ0n) is 12.0. The van der Waals surface area contributed by atoms with Gasteiger partial charge in [0, 0.05) is 17.6 Å². The summed E-state index contributed by atoms with van der Waals surface area (Å²) in [5.74, 6) is -0.0882. The van der Waals surface area contributed by atoms with Crippen molar-refractivity contribution in [1.29, 1.82) is 0 Å². The molecule has 0 radical (unpaired) electrons. The van der Waals surface area contributed by atoms with Gasteiger partial charge in [-0.1, -0.05) is 31.2 Å². The Balaban J connectivity index is 1.68. The average Bonchev–Trinajstić information content (AvgIpc) is 3.19. The largest absolute Gasteiger partial charge is 0.368 e. The smallest absolute Gasteiger partial charge is 0.255 e. The van der Waals surface area contributed by atoms with Gasteiger partial charge in [-0.05, 0) is 24.8 Å². The first-order valence-corrected chi connectivity index (χ1v) is 8.11. The van der Waals surface area contributed by atoms with Crippen LogP contribution in [0.5, 0.6) is 0 Å². The zero-order valence-corrected chi connectivity index (χ0v) is 12.8. The molecular weight excluding hydrogens is 284 g/mol. The van der Waals surface area contributed by atoms with Gasteiger partial charge in [0.05, 0.1) is 5.69 Å². The van der Waals surface area contributed by atoms with E-state index in [1.165, 1.54) is 16.9 Å². The molecule has 1 saturated heterocycles. The molecule has 1 N–H and O–H groups in total. The normalized spacial score (nSPS) is 17.9. The van der Waals surface area contributed by atoms with Crippen LogP contribution in [0.4, 0.5) is 5.13 Å². The van der Waals surface area contributed by atoms with Gasteiger partial charge in [-0.2, -0.15) is 0 Å². The minimum Gasteiger partial charge on any atom is -0.368 e. The van der Waals surface area contributed by atoms with Crippen molar-refractivity contribution in [3.63, 3.8) is 0 Å². The van der Waals surface area contributed by atoms with Crippen LogP contribution in [0.15, 0.2) is 29.6 Å². The second-order valence-electron chi connectivity index (χ2n) is 5.08. The molecule has 5 heteroatoms. The summed E-state index contributed by atoms with van der Waals surface area (Å²) < 4.78 is 5.37. The Morgan fingerprint density at radius 1 is 1.43 bits per heavy atom. The Labute approximate surface area is 128 Å². The fourth-order valence-electron chi connectivity index (χ4n) is 2.35. The Morgan fingerprint density at radius 3 is 2.90 bits per heavy atom. The number of aryl methyl sites for hydroxylation is 1. The highest BCUT2D eigenvalue weighted by atomic mass is 32.1. The molecule has 0 spiro atoms. The average molecular weight is 302 g/mol. The summed E-state index contributed by atoms with van der Waals surface area (Å²) in [6.07, 6.45) is 2.45. The van der Waals surface area contributed by atoms with Crippen LogP contribution < -0.4 is 5.32 Å². The number of amides is 1. The SMILES string of the molecule is CCc1ccc(-c2csc(NC(=O)[C@H]3CCCO3)n2)cc1. The Morgan fingerprint density at radius 2 is 2.24 bits per heavy atom. The maximum absolute atomic E-state index is 12.0. The lowest BCUT2D eigenvalue weighted by molar-refractivity contribution is -0.124. The van der Waals surface area contributed by atoms with E-state index >= 15 is 0 Å². The van der Waals surface area contributed by atoms with Gasteiger partial charge in [-0.15, -0.1) is 11.3 Å². The second-order valence-corrected chi connectivity index (χ2v) is 5.94. The topological polar surface area (TPSA) is 51.2 Å². The van der Waals surface area contributed by atoms with E-state index in [4.69, 9.17) is 4.74 Å². The van der Waals surface area contributed by atoms with Crippen molar-refractivity contribution in [3.05, 3.63) is 35.2 Å². The summed E-state index contributed by atoms with van der Waals surface area (Å²) >= 11 is 1.44. The summed E-state index contributed by atoms with van der Waals surface area (Å²) in [7, 11) is 0. The lowest BCUT2D eigenvalue weighted by Gasteiger charge is -2.07. The summed E-state index contributed by atoms with van der Waals surface area (Å²) in [6, 6.07) is 8.36. The minimum atomic E-state index is -0.318. The van der Waals surface area contributed by atoms with Crippen molar-refractivity contribution in [3.8, 4) is 11.3 Å². The van der Waals surface area contributed by atoms with Crippen LogP contribution in [-0.2, 0) is 16.0 Å². The Kier molecular flexibility index (Phi) is 4.31. The molecule has 3 rings (SSSR count). The maximum atomic E-state index is 12.0. The van der Waals surface area contributed by atoms with E-state index < -0.39 is 0 Å². The number of nitrogens with zero attached hydrogens (tertiary/aromatic N) is 1. The number of rotatable bonds is 4. The molecule has 1 atom stereocenters. The summed E-state index contributed by atoms with van der Waals surface area (Å²) in [6.45, 7) is 2.81. The predicted octanol–water partition coefficient (Wildman–Crippen LogP) is 3.49. The summed E-state index contributed by atoms with van der Waals surface area (Å²) in [5, 5.41) is 5.43. The fraction of sp³-hybridized carbons (Fsp3) is 0.375. The lowest BCUT2D eigenvalue weighted by Crippen LogP contribution is -2.26. The van der Waals surface area contributed by atoms with Gasteiger partial charge in [0.15, 0.2) is 5.13 Å². The molecule has 1 aliphatic heterocycles. The van der Waals surface area contributed by atoms with Crippen LogP contribution in [0, 0.1) is 0 Å². The second kappa shape index (κ2) is 6.37. The van der Waals surface area contributed by atoms with Crippen LogP contribution >= 0.6 is 11.3 Å². The van der Waals surface area contributed by atoms with E-state index in [1.54, 1.807) is 0 Å². The number of anilines is 1. The third-order valence-electron chi connectivity index (χ3n) is 3.61. The molecule has 2 aromatic rings. The van der Waals surface area contributed by atoms with E-state index in [0.29, 0.717) is 11.7 Å². The highest BCUT2D eigenvalue weighted by molar-refractivity contribution is 7.14. The summed E-state index contributed by atoms with van der Waals surface area (Å²) in [5.41, 5.74) is 3.27. The number of thiazole rings is 1. The van der Waals surface area contributed by atoms with Gasteiger partial charge in [0.2, 0.25) is 0 Å². The van der Waals surface area contributed by atoms with Crippen molar-refractivity contribution >= 4 is 22.4 Å². The highest BCUT2D eigenvalue weighted by Gasteiger charge is 2.24. The van der Waals surface area contributed by atoms with Gasteiger partial charge < -0.3 is 4.74 Å². The van der Waals surface area contributed by atoms with Gasteiger partial charge in [-0.3, -0.25) is 10.1 Å². The maximum Gasteiger partial charge on any atom is 0.255 e. The Bertz CT molecular complexity index is 615. The summed E-state index contributed by atoms with van der Waals surface area (Å²) in [4.78, 5) is 16.5. The van der Waals surface area contributed by atoms with Gasteiger partial charge in [0.1, 0.15) is 6.10 Å². The minimum absolute atomic E-state index is 0.0882. The van der Waals surface area contributed by atoms with E-state index in [9.17, 15) is 4.79 Å². The van der Waals surface area contributed by atoms with Crippen LogP contribution in [-0.4, -0.2) is 23.6 Å². The number of aromatic nitrogens is 1. The highest BCUT2D eigenvalue weighted by Crippen LogP contribution is 2.26. The zero-order chi connectivity index (χ0) is 14.7. The molecule has 110 valence electrons. The van der Waals surface area contributed by atoms with Crippen molar-refractivity contribution in [2.75, 3.05) is 11.9 Å². The third kappa shape index (κ3) is 3.31. The number of hydrogen-bond donors (Lipinski definition) is 1. The standard InChI is InChI=1S/C16H18N2O2S/c1-2-11-5-7-12(8-6-11)13-10-21-16(17-13)18-15(19)14-4-3-9-20-14/h5-8,10,14H,2-4,9H2,1H3,(H,17,18,19)/t14-/m1/s1. The van der Waals surface area contributed by atoms with Crippen LogP contribution in [0.3, 0.4) is 0 Å². The number of hydrogen-bond acceptors (Lipinski definition) is 4. The Hall–Kier alpha value is -1.72. The van der Waals surface area contributed by atoms with Crippen molar-refractivity contribution in [2.45, 2.75) is 32.3 Å². The molecule has 1 aromatic carbocycles. The lowest BCUT2D eigenvalue weighted by atomic mass is 10.1. The van der Waals surface area contributed by atoms with Crippen molar-refractivity contribution < 1.29 is 9.53 Å². The quantitative estimate of drug-likeness (QED) is 0.940. The van der Waals surface area contributed by atoms with Crippen LogP contribution in [0.25, 0.3) is 11.3 Å². The number of benzene rings is 1. The van der Waals surface area contributed by atoms with Crippen LogP contribution in [0.2, 0.25) is 0 Å². The van der Waals surface area contributed by atoms with Crippen molar-refractivity contribution in [1.82, 2.24) is 4.98 Å². The van der Waals surface area contributed by atoms with E-state index in [1.807, 2.05) is 5.38 Å². The number of carbonyl (C=O) groups is 1. The molecule has 21 heavy (non-hydrogen) atoms. The van der Waals surface area contributed by atoms with Crippen LogP contribution in [0.1, 0.15) is 25.3 Å². The molecule has 1 fully saturated rings. The number of nitrogens with one attached hydrogen (secondary N) is 1. The molecule has 4 nitrogen and oxygen atoms in total. The molecule has 1 aliphatic rings. The number of carbonyl (C=O) groups excluding carboxylic acids is 1. The van der Waals surface area contributed by atoms with Gasteiger partial charge in [0.25, 0.3) is 5.91 Å². The molecule has 1 amide bonds.